The number of hydrogen-bond donors (Lipinski definition) is 1. The SMILES string of the molecule is CCCNCCc1ccc2ncccc2c1. The zero-order chi connectivity index (χ0) is 11.2. The lowest BCUT2D eigenvalue weighted by Gasteiger charge is -2.04. The van der Waals surface area contributed by atoms with Crippen LogP contribution in [0.2, 0.25) is 0 Å². The summed E-state index contributed by atoms with van der Waals surface area (Å²) in [6.07, 6.45) is 4.12. The summed E-state index contributed by atoms with van der Waals surface area (Å²) in [6.45, 7) is 4.35. The Labute approximate surface area is 96.7 Å². The molecule has 1 aromatic heterocycles. The molecule has 0 saturated carbocycles. The fourth-order valence-electron chi connectivity index (χ4n) is 1.82. The lowest BCUT2D eigenvalue weighted by Crippen LogP contribution is -2.17. The average Bonchev–Trinajstić information content (AvgIpc) is 2.34. The molecule has 0 saturated heterocycles. The van der Waals surface area contributed by atoms with Gasteiger partial charge in [0.2, 0.25) is 0 Å². The van der Waals surface area contributed by atoms with Crippen LogP contribution in [-0.4, -0.2) is 18.1 Å². The van der Waals surface area contributed by atoms with Crippen LogP contribution >= 0.6 is 0 Å². The summed E-state index contributed by atoms with van der Waals surface area (Å²) >= 11 is 0. The third-order valence-electron chi connectivity index (χ3n) is 2.68. The second-order valence-corrected chi connectivity index (χ2v) is 4.03. The van der Waals surface area contributed by atoms with Crippen molar-refractivity contribution in [2.75, 3.05) is 13.1 Å². The first-order chi connectivity index (χ1) is 7.90. The number of nitrogens with zero attached hydrogens (tertiary/aromatic N) is 1. The molecule has 0 aliphatic heterocycles. The van der Waals surface area contributed by atoms with Gasteiger partial charge in [0.15, 0.2) is 0 Å². The van der Waals surface area contributed by atoms with E-state index in [1.807, 2.05) is 12.3 Å². The Kier molecular flexibility index (Phi) is 3.89. The summed E-state index contributed by atoms with van der Waals surface area (Å²) in [5, 5.41) is 4.65. The van der Waals surface area contributed by atoms with Gasteiger partial charge < -0.3 is 5.32 Å². The first-order valence-corrected chi connectivity index (χ1v) is 5.94. The average molecular weight is 214 g/mol. The van der Waals surface area contributed by atoms with Gasteiger partial charge in [0.05, 0.1) is 5.52 Å². The van der Waals surface area contributed by atoms with Crippen molar-refractivity contribution >= 4 is 10.9 Å². The first kappa shape index (κ1) is 11.1. The summed E-state index contributed by atoms with van der Waals surface area (Å²) in [6, 6.07) is 10.6. The molecule has 0 fully saturated rings. The van der Waals surface area contributed by atoms with Crippen molar-refractivity contribution < 1.29 is 0 Å². The lowest BCUT2D eigenvalue weighted by atomic mass is 10.1. The second kappa shape index (κ2) is 5.61. The van der Waals surface area contributed by atoms with Crippen molar-refractivity contribution in [2.45, 2.75) is 19.8 Å². The van der Waals surface area contributed by atoms with Gasteiger partial charge in [-0.3, -0.25) is 4.98 Å². The van der Waals surface area contributed by atoms with Gasteiger partial charge in [0.25, 0.3) is 0 Å². The molecule has 84 valence electrons. The van der Waals surface area contributed by atoms with Crippen molar-refractivity contribution in [3.63, 3.8) is 0 Å². The highest BCUT2D eigenvalue weighted by Gasteiger charge is 1.96. The Balaban J connectivity index is 2.02. The maximum Gasteiger partial charge on any atom is 0.0702 e. The molecule has 2 nitrogen and oxygen atoms in total. The van der Waals surface area contributed by atoms with Crippen molar-refractivity contribution in [1.82, 2.24) is 10.3 Å². The third-order valence-corrected chi connectivity index (χ3v) is 2.68. The molecule has 2 heteroatoms. The summed E-state index contributed by atoms with van der Waals surface area (Å²) in [7, 11) is 0. The number of aromatic nitrogens is 1. The standard InChI is InChI=1S/C14H18N2/c1-2-8-15-10-7-12-5-6-14-13(11-12)4-3-9-16-14/h3-6,9,11,15H,2,7-8,10H2,1H3. The zero-order valence-electron chi connectivity index (χ0n) is 9.74. The predicted molar refractivity (Wildman–Crippen MR) is 68.6 cm³/mol. The molecule has 0 atom stereocenters. The van der Waals surface area contributed by atoms with E-state index >= 15 is 0 Å². The van der Waals surface area contributed by atoms with Crippen LogP contribution in [0.1, 0.15) is 18.9 Å². The normalized spacial score (nSPS) is 10.8. The van der Waals surface area contributed by atoms with Crippen LogP contribution in [0.15, 0.2) is 36.5 Å². The van der Waals surface area contributed by atoms with Crippen LogP contribution in [0.3, 0.4) is 0 Å². The van der Waals surface area contributed by atoms with E-state index in [-0.39, 0.29) is 0 Å². The van der Waals surface area contributed by atoms with Crippen molar-refractivity contribution in [1.29, 1.82) is 0 Å². The highest BCUT2D eigenvalue weighted by Crippen LogP contribution is 2.13. The van der Waals surface area contributed by atoms with Gasteiger partial charge in [0.1, 0.15) is 0 Å². The number of hydrogen-bond acceptors (Lipinski definition) is 2. The Hall–Kier alpha value is -1.41. The monoisotopic (exact) mass is 214 g/mol. The molecule has 0 spiro atoms. The molecule has 2 rings (SSSR count). The molecule has 0 aliphatic carbocycles. The summed E-state index contributed by atoms with van der Waals surface area (Å²) in [5.74, 6) is 0. The van der Waals surface area contributed by atoms with Gasteiger partial charge in [-0.25, -0.2) is 0 Å². The maximum absolute atomic E-state index is 4.32. The Morgan fingerprint density at radius 1 is 1.19 bits per heavy atom. The van der Waals surface area contributed by atoms with E-state index < -0.39 is 0 Å². The van der Waals surface area contributed by atoms with Crippen LogP contribution < -0.4 is 5.32 Å². The van der Waals surface area contributed by atoms with Gasteiger partial charge in [-0.15, -0.1) is 0 Å². The summed E-state index contributed by atoms with van der Waals surface area (Å²) in [4.78, 5) is 4.32. The van der Waals surface area contributed by atoms with E-state index in [9.17, 15) is 0 Å². The fourth-order valence-corrected chi connectivity index (χ4v) is 1.82. The molecule has 16 heavy (non-hydrogen) atoms. The van der Waals surface area contributed by atoms with E-state index in [1.165, 1.54) is 17.4 Å². The quantitative estimate of drug-likeness (QED) is 0.774. The molecule has 0 radical (unpaired) electrons. The second-order valence-electron chi connectivity index (χ2n) is 4.03. The van der Waals surface area contributed by atoms with Gasteiger partial charge in [0, 0.05) is 11.6 Å². The highest BCUT2D eigenvalue weighted by atomic mass is 14.8. The highest BCUT2D eigenvalue weighted by molar-refractivity contribution is 5.78. The number of fused-ring (bicyclic) bond motifs is 1. The number of rotatable bonds is 5. The summed E-state index contributed by atoms with van der Waals surface area (Å²) in [5.41, 5.74) is 2.46. The van der Waals surface area contributed by atoms with Gasteiger partial charge >= 0.3 is 0 Å². The van der Waals surface area contributed by atoms with E-state index in [0.717, 1.165) is 25.0 Å². The van der Waals surface area contributed by atoms with Gasteiger partial charge in [-0.05, 0) is 49.7 Å². The molecular weight excluding hydrogens is 196 g/mol. The number of benzene rings is 1. The third kappa shape index (κ3) is 2.80. The minimum Gasteiger partial charge on any atom is -0.316 e. The Morgan fingerprint density at radius 3 is 3.00 bits per heavy atom. The maximum atomic E-state index is 4.32. The number of pyridine rings is 1. The van der Waals surface area contributed by atoms with E-state index in [2.05, 4.69) is 41.5 Å². The van der Waals surface area contributed by atoms with Crippen LogP contribution in [0.5, 0.6) is 0 Å². The van der Waals surface area contributed by atoms with E-state index in [4.69, 9.17) is 0 Å². The molecular formula is C14H18N2. The first-order valence-electron chi connectivity index (χ1n) is 5.94. The molecule has 1 N–H and O–H groups in total. The van der Waals surface area contributed by atoms with Crippen LogP contribution in [-0.2, 0) is 6.42 Å². The molecule has 0 unspecified atom stereocenters. The molecule has 0 bridgehead atoms. The number of nitrogens with one attached hydrogen (secondary N) is 1. The fraction of sp³-hybridized carbons (Fsp3) is 0.357. The van der Waals surface area contributed by atoms with Crippen molar-refractivity contribution in [2.24, 2.45) is 0 Å². The topological polar surface area (TPSA) is 24.9 Å². The minimum absolute atomic E-state index is 1.06. The van der Waals surface area contributed by atoms with E-state index in [0.29, 0.717) is 0 Å². The minimum atomic E-state index is 1.06. The zero-order valence-corrected chi connectivity index (χ0v) is 9.74. The van der Waals surface area contributed by atoms with Crippen molar-refractivity contribution in [3.05, 3.63) is 42.1 Å². The smallest absolute Gasteiger partial charge is 0.0702 e. The summed E-state index contributed by atoms with van der Waals surface area (Å²) < 4.78 is 0. The molecule has 2 aromatic rings. The molecule has 1 heterocycles. The Bertz CT molecular complexity index is 451. The molecule has 0 aliphatic rings. The largest absolute Gasteiger partial charge is 0.316 e. The lowest BCUT2D eigenvalue weighted by molar-refractivity contribution is 0.671. The van der Waals surface area contributed by atoms with Crippen molar-refractivity contribution in [3.8, 4) is 0 Å². The van der Waals surface area contributed by atoms with Gasteiger partial charge in [-0.1, -0.05) is 19.1 Å². The van der Waals surface area contributed by atoms with Crippen LogP contribution in [0.25, 0.3) is 10.9 Å². The Morgan fingerprint density at radius 2 is 2.12 bits per heavy atom. The molecule has 1 aromatic carbocycles. The van der Waals surface area contributed by atoms with E-state index in [1.54, 1.807) is 0 Å². The predicted octanol–water partition coefficient (Wildman–Crippen LogP) is 2.78. The van der Waals surface area contributed by atoms with Crippen LogP contribution in [0.4, 0.5) is 0 Å². The molecule has 0 amide bonds. The van der Waals surface area contributed by atoms with Gasteiger partial charge in [-0.2, -0.15) is 0 Å². The van der Waals surface area contributed by atoms with Crippen LogP contribution in [0, 0.1) is 0 Å².